The van der Waals surface area contributed by atoms with E-state index in [-0.39, 0.29) is 24.5 Å². The van der Waals surface area contributed by atoms with Crippen molar-refractivity contribution < 1.29 is 14.3 Å². The summed E-state index contributed by atoms with van der Waals surface area (Å²) in [5.41, 5.74) is 0. The Bertz CT molecular complexity index is 308. The number of nitrogens with zero attached hydrogens (tertiary/aromatic N) is 2. The quantitative estimate of drug-likeness (QED) is 0.650. The van der Waals surface area contributed by atoms with Crippen LogP contribution in [0.2, 0.25) is 0 Å². The van der Waals surface area contributed by atoms with Crippen LogP contribution in [-0.2, 0) is 14.3 Å². The molecular formula is C11H19N3O3. The summed E-state index contributed by atoms with van der Waals surface area (Å²) in [6.07, 6.45) is 0.0893. The maximum Gasteiger partial charge on any atom is 0.242 e. The second-order valence-corrected chi connectivity index (χ2v) is 4.51. The standard InChI is InChI=1S/C11H19N3O3/c1-9-7-14(4-5-17-9)11(16)8-13-3-2-12-6-10(13)15/h9,12H,2-8H2,1H3/t9-/m0/s1. The van der Waals surface area contributed by atoms with Crippen LogP contribution in [0, 0.1) is 0 Å². The molecule has 0 radical (unpaired) electrons. The number of amides is 2. The minimum Gasteiger partial charge on any atom is -0.375 e. The molecule has 0 aromatic rings. The fourth-order valence-electron chi connectivity index (χ4n) is 2.12. The zero-order chi connectivity index (χ0) is 12.3. The third-order valence-electron chi connectivity index (χ3n) is 3.11. The van der Waals surface area contributed by atoms with E-state index in [0.717, 1.165) is 6.54 Å². The van der Waals surface area contributed by atoms with E-state index in [1.54, 1.807) is 9.80 Å². The Morgan fingerprint density at radius 3 is 3.06 bits per heavy atom. The number of rotatable bonds is 2. The van der Waals surface area contributed by atoms with E-state index < -0.39 is 0 Å². The molecule has 2 amide bonds. The molecule has 2 aliphatic rings. The molecule has 2 saturated heterocycles. The molecule has 6 nitrogen and oxygen atoms in total. The van der Waals surface area contributed by atoms with Gasteiger partial charge < -0.3 is 19.9 Å². The Hall–Kier alpha value is -1.14. The van der Waals surface area contributed by atoms with E-state index >= 15 is 0 Å². The summed E-state index contributed by atoms with van der Waals surface area (Å²) >= 11 is 0. The predicted molar refractivity (Wildman–Crippen MR) is 61.4 cm³/mol. The summed E-state index contributed by atoms with van der Waals surface area (Å²) in [4.78, 5) is 27.0. The van der Waals surface area contributed by atoms with E-state index in [9.17, 15) is 9.59 Å². The van der Waals surface area contributed by atoms with Gasteiger partial charge in [-0.3, -0.25) is 9.59 Å². The third kappa shape index (κ3) is 3.17. The van der Waals surface area contributed by atoms with Gasteiger partial charge in [0.1, 0.15) is 0 Å². The van der Waals surface area contributed by atoms with Crippen molar-refractivity contribution in [2.75, 3.05) is 45.9 Å². The van der Waals surface area contributed by atoms with Gasteiger partial charge in [0, 0.05) is 26.2 Å². The van der Waals surface area contributed by atoms with E-state index in [0.29, 0.717) is 32.8 Å². The topological polar surface area (TPSA) is 61.9 Å². The lowest BCUT2D eigenvalue weighted by Crippen LogP contribution is -2.53. The van der Waals surface area contributed by atoms with Crippen LogP contribution >= 0.6 is 0 Å². The first kappa shape index (κ1) is 12.3. The minimum absolute atomic E-state index is 0.00547. The van der Waals surface area contributed by atoms with Crippen molar-refractivity contribution in [1.29, 1.82) is 0 Å². The van der Waals surface area contributed by atoms with Crippen molar-refractivity contribution in [2.45, 2.75) is 13.0 Å². The average Bonchev–Trinajstić information content (AvgIpc) is 2.32. The molecule has 0 bridgehead atoms. The van der Waals surface area contributed by atoms with Gasteiger partial charge in [-0.1, -0.05) is 0 Å². The highest BCUT2D eigenvalue weighted by Gasteiger charge is 2.25. The minimum atomic E-state index is 0.00547. The second kappa shape index (κ2) is 5.46. The molecule has 0 unspecified atom stereocenters. The summed E-state index contributed by atoms with van der Waals surface area (Å²) in [5.74, 6) is 0.0290. The molecule has 1 N–H and O–H groups in total. The van der Waals surface area contributed by atoms with Crippen molar-refractivity contribution in [3.8, 4) is 0 Å². The maximum absolute atomic E-state index is 12.0. The molecule has 2 aliphatic heterocycles. The Balaban J connectivity index is 1.85. The van der Waals surface area contributed by atoms with Crippen molar-refractivity contribution in [2.24, 2.45) is 0 Å². The van der Waals surface area contributed by atoms with Crippen LogP contribution in [0.3, 0.4) is 0 Å². The average molecular weight is 241 g/mol. The largest absolute Gasteiger partial charge is 0.375 e. The van der Waals surface area contributed by atoms with Crippen molar-refractivity contribution in [3.05, 3.63) is 0 Å². The molecule has 0 aromatic carbocycles. The van der Waals surface area contributed by atoms with Gasteiger partial charge in [0.2, 0.25) is 11.8 Å². The van der Waals surface area contributed by atoms with E-state index in [2.05, 4.69) is 5.32 Å². The number of morpholine rings is 1. The molecule has 0 aromatic heterocycles. The van der Waals surface area contributed by atoms with Crippen LogP contribution in [-0.4, -0.2) is 73.6 Å². The van der Waals surface area contributed by atoms with Gasteiger partial charge in [-0.2, -0.15) is 0 Å². The highest BCUT2D eigenvalue weighted by molar-refractivity contribution is 5.86. The van der Waals surface area contributed by atoms with Crippen molar-refractivity contribution in [3.63, 3.8) is 0 Å². The van der Waals surface area contributed by atoms with Gasteiger partial charge in [0.25, 0.3) is 0 Å². The summed E-state index contributed by atoms with van der Waals surface area (Å²) in [5, 5.41) is 2.99. The molecule has 1 atom stereocenters. The smallest absolute Gasteiger partial charge is 0.242 e. The summed E-state index contributed by atoms with van der Waals surface area (Å²) in [6.45, 7) is 5.71. The van der Waals surface area contributed by atoms with E-state index in [1.165, 1.54) is 0 Å². The number of hydrogen-bond acceptors (Lipinski definition) is 4. The SMILES string of the molecule is C[C@H]1CN(C(=O)CN2CCNCC2=O)CCO1. The molecule has 6 heteroatoms. The fraction of sp³-hybridized carbons (Fsp3) is 0.818. The first-order valence-electron chi connectivity index (χ1n) is 6.04. The van der Waals surface area contributed by atoms with Gasteiger partial charge >= 0.3 is 0 Å². The number of hydrogen-bond donors (Lipinski definition) is 1. The molecule has 2 rings (SSSR count). The van der Waals surface area contributed by atoms with E-state index in [1.807, 2.05) is 6.92 Å². The fourth-order valence-corrected chi connectivity index (χ4v) is 2.12. The van der Waals surface area contributed by atoms with Gasteiger partial charge in [-0.25, -0.2) is 0 Å². The lowest BCUT2D eigenvalue weighted by molar-refractivity contribution is -0.145. The van der Waals surface area contributed by atoms with Crippen molar-refractivity contribution >= 4 is 11.8 Å². The van der Waals surface area contributed by atoms with Gasteiger partial charge in [0.15, 0.2) is 0 Å². The summed E-state index contributed by atoms with van der Waals surface area (Å²) in [7, 11) is 0. The van der Waals surface area contributed by atoms with Gasteiger partial charge in [-0.05, 0) is 6.92 Å². The number of ether oxygens (including phenoxy) is 1. The Kier molecular flexibility index (Phi) is 3.96. The van der Waals surface area contributed by atoms with Crippen LogP contribution < -0.4 is 5.32 Å². The van der Waals surface area contributed by atoms with Crippen LogP contribution in [0.5, 0.6) is 0 Å². The monoisotopic (exact) mass is 241 g/mol. The Morgan fingerprint density at radius 1 is 1.53 bits per heavy atom. The Labute approximate surface area is 101 Å². The summed E-state index contributed by atoms with van der Waals surface area (Å²) < 4.78 is 5.38. The lowest BCUT2D eigenvalue weighted by Gasteiger charge is -2.34. The molecule has 0 spiro atoms. The van der Waals surface area contributed by atoms with Crippen LogP contribution in [0.1, 0.15) is 6.92 Å². The highest BCUT2D eigenvalue weighted by atomic mass is 16.5. The zero-order valence-corrected chi connectivity index (χ0v) is 10.1. The number of nitrogens with one attached hydrogen (secondary N) is 1. The molecule has 96 valence electrons. The molecule has 17 heavy (non-hydrogen) atoms. The normalized spacial score (nSPS) is 26.2. The summed E-state index contributed by atoms with van der Waals surface area (Å²) in [6, 6.07) is 0. The van der Waals surface area contributed by atoms with E-state index in [4.69, 9.17) is 4.74 Å². The molecule has 0 saturated carbocycles. The van der Waals surface area contributed by atoms with Crippen LogP contribution in [0.15, 0.2) is 0 Å². The van der Waals surface area contributed by atoms with Crippen LogP contribution in [0.4, 0.5) is 0 Å². The lowest BCUT2D eigenvalue weighted by atomic mass is 10.2. The molecule has 2 fully saturated rings. The number of carbonyl (C=O) groups excluding carboxylic acids is 2. The van der Waals surface area contributed by atoms with Crippen molar-refractivity contribution in [1.82, 2.24) is 15.1 Å². The third-order valence-corrected chi connectivity index (χ3v) is 3.11. The Morgan fingerprint density at radius 2 is 2.35 bits per heavy atom. The van der Waals surface area contributed by atoms with Gasteiger partial charge in [0.05, 0.1) is 25.8 Å². The van der Waals surface area contributed by atoms with Crippen LogP contribution in [0.25, 0.3) is 0 Å². The molecule has 2 heterocycles. The van der Waals surface area contributed by atoms with Gasteiger partial charge in [-0.15, -0.1) is 0 Å². The number of carbonyl (C=O) groups is 2. The zero-order valence-electron chi connectivity index (χ0n) is 10.1. The highest BCUT2D eigenvalue weighted by Crippen LogP contribution is 2.06. The number of piperazine rings is 1. The first-order valence-corrected chi connectivity index (χ1v) is 6.04. The maximum atomic E-state index is 12.0. The first-order chi connectivity index (χ1) is 8.16. The molecule has 0 aliphatic carbocycles. The predicted octanol–water partition coefficient (Wildman–Crippen LogP) is -1.33. The molecular weight excluding hydrogens is 222 g/mol. The second-order valence-electron chi connectivity index (χ2n) is 4.51.